The molecule has 0 saturated carbocycles. The molecule has 7 nitrogen and oxygen atoms in total. The normalized spacial score (nSPS) is 29.4. The molecular formula is C17H16N2O5S. The Morgan fingerprint density at radius 2 is 1.72 bits per heavy atom. The zero-order valence-corrected chi connectivity index (χ0v) is 14.8. The van der Waals surface area contributed by atoms with Crippen LogP contribution in [0.3, 0.4) is 0 Å². The summed E-state index contributed by atoms with van der Waals surface area (Å²) in [7, 11) is 1.20. The molecule has 4 rings (SSSR count). The molecular weight excluding hydrogens is 344 g/mol. The van der Waals surface area contributed by atoms with Crippen molar-refractivity contribution >= 4 is 35.5 Å². The number of carbonyl (C=O) groups is 4. The van der Waals surface area contributed by atoms with E-state index in [0.29, 0.717) is 0 Å². The number of amides is 3. The highest BCUT2D eigenvalue weighted by Crippen LogP contribution is 2.59. The van der Waals surface area contributed by atoms with Crippen LogP contribution in [0.1, 0.15) is 41.0 Å². The van der Waals surface area contributed by atoms with Crippen molar-refractivity contribution in [3.05, 3.63) is 35.4 Å². The SMILES string of the molecule is COC(=O)[C@]1(N2C(=O)c3ccccc3C2=O)N2C(=O)C[C@H]2SC1(C)C. The number of carbonyl (C=O) groups excluding carboxylic acids is 4. The molecule has 2 atom stereocenters. The summed E-state index contributed by atoms with van der Waals surface area (Å²) >= 11 is 1.40. The largest absolute Gasteiger partial charge is 0.466 e. The first-order valence-electron chi connectivity index (χ1n) is 7.83. The highest BCUT2D eigenvalue weighted by molar-refractivity contribution is 8.01. The van der Waals surface area contributed by atoms with Gasteiger partial charge in [0.1, 0.15) is 0 Å². The Labute approximate surface area is 148 Å². The Morgan fingerprint density at radius 1 is 1.16 bits per heavy atom. The monoisotopic (exact) mass is 360 g/mol. The highest BCUT2D eigenvalue weighted by atomic mass is 32.2. The Bertz CT molecular complexity index is 816. The van der Waals surface area contributed by atoms with E-state index >= 15 is 0 Å². The molecule has 130 valence electrons. The Morgan fingerprint density at radius 3 is 2.20 bits per heavy atom. The fourth-order valence-corrected chi connectivity index (χ4v) is 5.74. The summed E-state index contributed by atoms with van der Waals surface area (Å²) < 4.78 is 4.08. The Hall–Kier alpha value is -2.35. The second-order valence-electron chi connectivity index (χ2n) is 6.71. The van der Waals surface area contributed by atoms with Crippen molar-refractivity contribution in [3.63, 3.8) is 0 Å². The van der Waals surface area contributed by atoms with Gasteiger partial charge in [0.05, 0.1) is 34.8 Å². The van der Waals surface area contributed by atoms with Crippen LogP contribution < -0.4 is 0 Å². The van der Waals surface area contributed by atoms with Crippen LogP contribution in [0, 0.1) is 0 Å². The van der Waals surface area contributed by atoms with Crippen molar-refractivity contribution in [1.82, 2.24) is 9.80 Å². The van der Waals surface area contributed by atoms with Crippen LogP contribution in [0.15, 0.2) is 24.3 Å². The van der Waals surface area contributed by atoms with Gasteiger partial charge in [0.2, 0.25) is 11.6 Å². The van der Waals surface area contributed by atoms with Gasteiger partial charge in [0.25, 0.3) is 11.8 Å². The van der Waals surface area contributed by atoms with E-state index in [9.17, 15) is 19.2 Å². The molecule has 0 radical (unpaired) electrons. The van der Waals surface area contributed by atoms with Crippen LogP contribution in [0.4, 0.5) is 0 Å². The number of benzene rings is 1. The number of methoxy groups -OCH3 is 1. The third-order valence-electron chi connectivity index (χ3n) is 5.11. The van der Waals surface area contributed by atoms with Gasteiger partial charge in [-0.25, -0.2) is 9.69 Å². The molecule has 3 heterocycles. The van der Waals surface area contributed by atoms with E-state index in [-0.39, 0.29) is 28.8 Å². The summed E-state index contributed by atoms with van der Waals surface area (Å²) in [6, 6.07) is 6.41. The first kappa shape index (κ1) is 16.1. The average Bonchev–Trinajstić information content (AvgIpc) is 2.93. The molecule has 0 aromatic heterocycles. The van der Waals surface area contributed by atoms with E-state index in [4.69, 9.17) is 4.74 Å². The minimum atomic E-state index is -1.79. The minimum absolute atomic E-state index is 0.230. The van der Waals surface area contributed by atoms with E-state index in [1.54, 1.807) is 38.1 Å². The van der Waals surface area contributed by atoms with Crippen molar-refractivity contribution in [3.8, 4) is 0 Å². The maximum Gasteiger partial charge on any atom is 0.355 e. The third-order valence-corrected chi connectivity index (χ3v) is 6.64. The number of hydrogen-bond donors (Lipinski definition) is 0. The van der Waals surface area contributed by atoms with Crippen molar-refractivity contribution in [1.29, 1.82) is 0 Å². The topological polar surface area (TPSA) is 84.0 Å². The number of ether oxygens (including phenoxy) is 1. The van der Waals surface area contributed by atoms with Crippen LogP contribution in [-0.4, -0.2) is 56.4 Å². The molecule has 3 aliphatic rings. The smallest absolute Gasteiger partial charge is 0.355 e. The highest BCUT2D eigenvalue weighted by Gasteiger charge is 2.75. The fourth-order valence-electron chi connectivity index (χ4n) is 4.02. The predicted molar refractivity (Wildman–Crippen MR) is 88.6 cm³/mol. The first-order chi connectivity index (χ1) is 11.8. The minimum Gasteiger partial charge on any atom is -0.466 e. The molecule has 0 unspecified atom stereocenters. The molecule has 3 aliphatic heterocycles. The second-order valence-corrected chi connectivity index (χ2v) is 8.51. The molecule has 0 spiro atoms. The van der Waals surface area contributed by atoms with Crippen LogP contribution in [-0.2, 0) is 14.3 Å². The van der Waals surface area contributed by atoms with Gasteiger partial charge in [0, 0.05) is 0 Å². The summed E-state index contributed by atoms with van der Waals surface area (Å²) in [4.78, 5) is 53.6. The summed E-state index contributed by atoms with van der Waals surface area (Å²) in [5, 5.41) is -0.258. The molecule has 1 aromatic rings. The van der Waals surface area contributed by atoms with Gasteiger partial charge >= 0.3 is 5.97 Å². The number of thioether (sulfide) groups is 1. The molecule has 0 bridgehead atoms. The van der Waals surface area contributed by atoms with E-state index in [1.165, 1.54) is 23.8 Å². The quantitative estimate of drug-likeness (QED) is 0.448. The standard InChI is InChI=1S/C17H16N2O5S/c1-16(2)17(15(23)24-3,18-11(20)8-12(18)25-16)19-13(21)9-6-4-5-7-10(9)14(19)22/h4-7,12H,8H2,1-3H3/t12-,17-/m1/s1. The number of fused-ring (bicyclic) bond motifs is 2. The lowest BCUT2D eigenvalue weighted by atomic mass is 9.88. The third kappa shape index (κ3) is 1.67. The Kier molecular flexibility index (Phi) is 3.13. The zero-order chi connectivity index (χ0) is 18.1. The van der Waals surface area contributed by atoms with Gasteiger partial charge in [-0.3, -0.25) is 19.3 Å². The average molecular weight is 360 g/mol. The molecule has 1 aromatic carbocycles. The summed E-state index contributed by atoms with van der Waals surface area (Å²) in [5.74, 6) is -2.22. The van der Waals surface area contributed by atoms with Gasteiger partial charge in [-0.05, 0) is 26.0 Å². The maximum atomic E-state index is 13.0. The lowest BCUT2D eigenvalue weighted by Crippen LogP contribution is -2.76. The zero-order valence-electron chi connectivity index (χ0n) is 13.9. The van der Waals surface area contributed by atoms with Crippen molar-refractivity contribution < 1.29 is 23.9 Å². The van der Waals surface area contributed by atoms with Crippen molar-refractivity contribution in [2.24, 2.45) is 0 Å². The van der Waals surface area contributed by atoms with E-state index < -0.39 is 28.2 Å². The number of imide groups is 1. The molecule has 25 heavy (non-hydrogen) atoms. The van der Waals surface area contributed by atoms with E-state index in [0.717, 1.165) is 4.90 Å². The lowest BCUT2D eigenvalue weighted by molar-refractivity contribution is -0.181. The van der Waals surface area contributed by atoms with Crippen LogP contribution in [0.5, 0.6) is 0 Å². The van der Waals surface area contributed by atoms with Gasteiger partial charge in [-0.1, -0.05) is 12.1 Å². The second kappa shape index (κ2) is 4.85. The predicted octanol–water partition coefficient (Wildman–Crippen LogP) is 1.24. The van der Waals surface area contributed by atoms with Gasteiger partial charge in [-0.15, -0.1) is 11.8 Å². The maximum absolute atomic E-state index is 13.0. The summed E-state index contributed by atoms with van der Waals surface area (Å²) in [6.07, 6.45) is 0.274. The number of hydrogen-bond acceptors (Lipinski definition) is 6. The van der Waals surface area contributed by atoms with Crippen LogP contribution in [0.25, 0.3) is 0 Å². The molecule has 2 saturated heterocycles. The number of esters is 1. The lowest BCUT2D eigenvalue weighted by Gasteiger charge is -2.50. The molecule has 3 amide bonds. The van der Waals surface area contributed by atoms with Crippen molar-refractivity contribution in [2.45, 2.75) is 36.1 Å². The van der Waals surface area contributed by atoms with Crippen molar-refractivity contribution in [2.75, 3.05) is 7.11 Å². The summed E-state index contributed by atoms with van der Waals surface area (Å²) in [5.41, 5.74) is -1.33. The number of nitrogens with zero attached hydrogens (tertiary/aromatic N) is 2. The summed E-state index contributed by atoms with van der Waals surface area (Å²) in [6.45, 7) is 3.51. The van der Waals surface area contributed by atoms with Gasteiger partial charge < -0.3 is 4.74 Å². The van der Waals surface area contributed by atoms with Crippen LogP contribution >= 0.6 is 11.8 Å². The van der Waals surface area contributed by atoms with Crippen LogP contribution in [0.2, 0.25) is 0 Å². The van der Waals surface area contributed by atoms with E-state index in [1.807, 2.05) is 0 Å². The number of β-lactam (4-membered cyclic amide) rings is 1. The fraction of sp³-hybridized carbons (Fsp3) is 0.412. The van der Waals surface area contributed by atoms with Gasteiger partial charge in [-0.2, -0.15) is 0 Å². The molecule has 8 heteroatoms. The Balaban J connectivity index is 1.96. The van der Waals surface area contributed by atoms with E-state index in [2.05, 4.69) is 0 Å². The first-order valence-corrected chi connectivity index (χ1v) is 8.71. The molecule has 0 aliphatic carbocycles. The molecule has 0 N–H and O–H groups in total. The van der Waals surface area contributed by atoms with Gasteiger partial charge in [0.15, 0.2) is 0 Å². The number of rotatable bonds is 2. The molecule has 2 fully saturated rings.